The molecule has 2 N–H and O–H groups in total. The molecule has 8 bridgehead atoms. The Balaban J connectivity index is 1.03. The van der Waals surface area contributed by atoms with Crippen LogP contribution in [-0.4, -0.2) is 59.8 Å². The quantitative estimate of drug-likeness (QED) is 0.150. The van der Waals surface area contributed by atoms with Crippen molar-refractivity contribution in [3.8, 4) is 135 Å². The van der Waals surface area contributed by atoms with Crippen LogP contribution in [0.15, 0.2) is 244 Å². The highest BCUT2D eigenvalue weighted by Gasteiger charge is 2.31. The van der Waals surface area contributed by atoms with E-state index in [-0.39, 0.29) is 21.7 Å². The van der Waals surface area contributed by atoms with Crippen LogP contribution in [0, 0.1) is 0 Å². The third-order valence-corrected chi connectivity index (χ3v) is 20.5. The third-order valence-electron chi connectivity index (χ3n) is 20.5. The number of nitrogens with zero attached hydrogens (tertiary/aromatic N) is 10. The maximum absolute atomic E-state index is 6.15. The second-order valence-corrected chi connectivity index (χ2v) is 31.5. The van der Waals surface area contributed by atoms with Crippen molar-refractivity contribution in [1.82, 2.24) is 59.8 Å². The Morgan fingerprint density at radius 2 is 0.385 bits per heavy atom. The van der Waals surface area contributed by atoms with Crippen LogP contribution in [0.4, 0.5) is 0 Å². The van der Waals surface area contributed by atoms with E-state index in [2.05, 4.69) is 287 Å². The van der Waals surface area contributed by atoms with Crippen LogP contribution >= 0.6 is 0 Å². The van der Waals surface area contributed by atoms with Gasteiger partial charge in [-0.2, -0.15) is 0 Å². The number of hydrogen-bond donors (Lipinski definition) is 2. The molecule has 104 heavy (non-hydrogen) atoms. The van der Waals surface area contributed by atoms with Crippen molar-refractivity contribution >= 4 is 43.6 Å². The lowest BCUT2D eigenvalue weighted by atomic mass is 9.89. The van der Waals surface area contributed by atoms with Crippen molar-refractivity contribution in [3.05, 3.63) is 266 Å². The van der Waals surface area contributed by atoms with Gasteiger partial charge in [-0.05, 0) is 66.2 Å². The number of aromatic nitrogens is 12. The summed E-state index contributed by atoms with van der Waals surface area (Å²) in [7, 11) is 0. The first-order valence-corrected chi connectivity index (χ1v) is 35.7. The van der Waals surface area contributed by atoms with Crippen molar-refractivity contribution in [2.75, 3.05) is 0 Å². The summed E-state index contributed by atoms with van der Waals surface area (Å²) in [5, 5.41) is 4.05. The molecule has 12 heteroatoms. The molecular formula is C92H78N12. The molecule has 0 amide bonds. The van der Waals surface area contributed by atoms with Gasteiger partial charge in [0.15, 0.2) is 23.3 Å². The topological polar surface area (TPSA) is 160 Å². The Labute approximate surface area is 605 Å². The summed E-state index contributed by atoms with van der Waals surface area (Å²) in [5.74, 6) is 2.60. The van der Waals surface area contributed by atoms with E-state index in [0.717, 1.165) is 178 Å². The van der Waals surface area contributed by atoms with Crippen LogP contribution in [0.2, 0.25) is 0 Å². The van der Waals surface area contributed by atoms with Crippen LogP contribution in [-0.2, 0) is 21.7 Å². The van der Waals surface area contributed by atoms with Crippen molar-refractivity contribution in [3.63, 3.8) is 0 Å². The molecule has 3 aliphatic rings. The highest BCUT2D eigenvalue weighted by atomic mass is 14.9. The molecule has 0 saturated carbocycles. The summed E-state index contributed by atoms with van der Waals surface area (Å²) in [6.45, 7) is 26.2. The van der Waals surface area contributed by atoms with E-state index in [4.69, 9.17) is 49.8 Å². The van der Waals surface area contributed by atoms with E-state index < -0.39 is 0 Å². The zero-order valence-corrected chi connectivity index (χ0v) is 60.6. The summed E-state index contributed by atoms with van der Waals surface area (Å²) in [6.07, 6.45) is 15.6. The van der Waals surface area contributed by atoms with Crippen molar-refractivity contribution in [2.45, 2.75) is 105 Å². The molecule has 2 aliphatic heterocycles. The second-order valence-electron chi connectivity index (χ2n) is 31.5. The van der Waals surface area contributed by atoms with Gasteiger partial charge in [-0.15, -0.1) is 0 Å². The number of H-pyrrole nitrogens is 2. The van der Waals surface area contributed by atoms with Crippen LogP contribution in [0.1, 0.15) is 105 Å². The first-order chi connectivity index (χ1) is 50.1. The van der Waals surface area contributed by atoms with E-state index in [1.807, 2.05) is 49.6 Å². The Morgan fingerprint density at radius 1 is 0.212 bits per heavy atom. The number of rotatable bonds is 8. The Morgan fingerprint density at radius 3 is 0.567 bits per heavy atom. The fourth-order valence-electron chi connectivity index (χ4n) is 14.4. The summed E-state index contributed by atoms with van der Waals surface area (Å²) < 4.78 is 0. The normalized spacial score (nSPS) is 12.4. The summed E-state index contributed by atoms with van der Waals surface area (Å²) in [4.78, 5) is 60.3. The molecule has 0 fully saturated rings. The van der Waals surface area contributed by atoms with Crippen molar-refractivity contribution in [1.29, 1.82) is 0 Å². The minimum Gasteiger partial charge on any atom is -0.353 e. The lowest BCUT2D eigenvalue weighted by Gasteiger charge is -2.17. The van der Waals surface area contributed by atoms with Gasteiger partial charge in [-0.3, -0.25) is 0 Å². The van der Waals surface area contributed by atoms with Crippen LogP contribution < -0.4 is 0 Å². The smallest absolute Gasteiger partial charge is 0.159 e. The fraction of sp³-hybridized carbons (Fsp3) is 0.174. The lowest BCUT2D eigenvalue weighted by molar-refractivity contribution is 0.584. The Kier molecular flexibility index (Phi) is 15.5. The molecule has 0 unspecified atom stereocenters. The van der Waals surface area contributed by atoms with Gasteiger partial charge in [0, 0.05) is 138 Å². The van der Waals surface area contributed by atoms with E-state index in [1.165, 1.54) is 0 Å². The van der Waals surface area contributed by atoms with Gasteiger partial charge in [-0.25, -0.2) is 49.8 Å². The van der Waals surface area contributed by atoms with Gasteiger partial charge in [-0.1, -0.05) is 277 Å². The van der Waals surface area contributed by atoms with E-state index in [9.17, 15) is 0 Å². The summed E-state index contributed by atoms with van der Waals surface area (Å²) in [6, 6.07) is 69.5. The minimum absolute atomic E-state index is 0.103. The monoisotopic (exact) mass is 1350 g/mol. The molecule has 12 nitrogen and oxygen atoms in total. The number of benzene rings is 8. The third kappa shape index (κ3) is 11.5. The average Bonchev–Trinajstić information content (AvgIpc) is 1.60. The number of aromatic amines is 2. The minimum atomic E-state index is -0.103. The largest absolute Gasteiger partial charge is 0.353 e. The summed E-state index contributed by atoms with van der Waals surface area (Å²) in [5.41, 5.74) is 25.7. The van der Waals surface area contributed by atoms with Crippen LogP contribution in [0.25, 0.3) is 179 Å². The molecule has 0 radical (unpaired) electrons. The zero-order chi connectivity index (χ0) is 71.6. The van der Waals surface area contributed by atoms with E-state index in [0.29, 0.717) is 23.3 Å². The highest BCUT2D eigenvalue weighted by molar-refractivity contribution is 6.21. The van der Waals surface area contributed by atoms with Gasteiger partial charge in [0.05, 0.1) is 44.8 Å². The molecule has 6 aromatic heterocycles. The molecule has 506 valence electrons. The van der Waals surface area contributed by atoms with Crippen molar-refractivity contribution in [2.24, 2.45) is 0 Å². The Hall–Kier alpha value is -12.3. The van der Waals surface area contributed by atoms with Gasteiger partial charge in [0.2, 0.25) is 0 Å². The number of hydrogen-bond acceptors (Lipinski definition) is 10. The second kappa shape index (κ2) is 24.8. The van der Waals surface area contributed by atoms with Crippen LogP contribution in [0.5, 0.6) is 0 Å². The van der Waals surface area contributed by atoms with E-state index in [1.54, 1.807) is 0 Å². The molecule has 8 aromatic carbocycles. The molecule has 0 spiro atoms. The maximum Gasteiger partial charge on any atom is 0.159 e. The highest BCUT2D eigenvalue weighted by Crippen LogP contribution is 2.53. The predicted octanol–water partition coefficient (Wildman–Crippen LogP) is 23.0. The molecule has 1 aliphatic carbocycles. The maximum atomic E-state index is 6.15. The van der Waals surface area contributed by atoms with Gasteiger partial charge in [0.25, 0.3) is 0 Å². The van der Waals surface area contributed by atoms with Crippen molar-refractivity contribution < 1.29 is 0 Å². The van der Waals surface area contributed by atoms with E-state index >= 15 is 0 Å². The SMILES string of the molecule is CC(C)(C)c1cnc(-c2ccc(-c3c4nc(c(-c5ccc(-c6ncc(C(C)(C)C)cn6)cc5)c5[nH]c(c(-c6ccc(-c7ncc(C(C)(C)C)cn7)cc6)c6nc(c(-c7ccc(-c8ncc(C(C)(C)C)cn8)cc7)c7[nH]c3c3ccccc73)-c3ccccc3-6)c3ccccc53)-c3ccccc3-4)cc2)nc1. The standard InChI is InChI=1S/C92H78N12/c1-89(2,3)61-45-93-85(94-46-61)57-37-29-53(30-38-57)73-77-65-21-13-15-23-67(65)79(101-77)74(54-31-39-58(40-32-54)86-95-47-62(48-96-86)90(4,5)6)81-69-25-17-19-27-71(69)83(103-81)76(56-35-43-60(44-36-56)88-99-51-64(52-100-88)92(10,11)12)84-72-28-20-18-26-70(72)82(104-84)75(80-68-24-16-14-22-66(68)78(73)102-80)55-33-41-59(42-34-55)87-97-49-63(50-98-87)91(7,8)9/h13-52,101,104H,1-12H3. The van der Waals surface area contributed by atoms with Gasteiger partial charge in [0.1, 0.15) is 0 Å². The lowest BCUT2D eigenvalue weighted by Crippen LogP contribution is -2.12. The molecule has 14 aromatic rings. The van der Waals surface area contributed by atoms with Crippen LogP contribution in [0.3, 0.4) is 0 Å². The number of nitrogens with one attached hydrogen (secondary N) is 2. The zero-order valence-electron chi connectivity index (χ0n) is 60.6. The summed E-state index contributed by atoms with van der Waals surface area (Å²) >= 11 is 0. The Bertz CT molecular complexity index is 5310. The molecule has 8 heterocycles. The molecule has 0 saturated heterocycles. The molecule has 17 rings (SSSR count). The average molecular weight is 1350 g/mol. The van der Waals surface area contributed by atoms with Gasteiger partial charge >= 0.3 is 0 Å². The first-order valence-electron chi connectivity index (χ1n) is 35.7. The predicted molar refractivity (Wildman–Crippen MR) is 426 cm³/mol. The van der Waals surface area contributed by atoms with Gasteiger partial charge < -0.3 is 9.97 Å². The molecular weight excluding hydrogens is 1270 g/mol. The molecule has 0 atom stereocenters. The fourth-order valence-corrected chi connectivity index (χ4v) is 14.4. The first kappa shape index (κ1) is 65.1.